The van der Waals surface area contributed by atoms with E-state index in [4.69, 9.17) is 5.26 Å². The molecule has 76 valence electrons. The lowest BCUT2D eigenvalue weighted by molar-refractivity contribution is -0.109. The van der Waals surface area contributed by atoms with Crippen LogP contribution in [0.4, 0.5) is 0 Å². The highest BCUT2D eigenvalue weighted by atomic mass is 32.2. The van der Waals surface area contributed by atoms with Crippen LogP contribution in [0.3, 0.4) is 0 Å². The van der Waals surface area contributed by atoms with Crippen molar-refractivity contribution in [1.82, 2.24) is 5.32 Å². The van der Waals surface area contributed by atoms with Gasteiger partial charge in [0.1, 0.15) is 0 Å². The summed E-state index contributed by atoms with van der Waals surface area (Å²) < 4.78 is 0. The average molecular weight is 210 g/mol. The van der Waals surface area contributed by atoms with Gasteiger partial charge in [0.15, 0.2) is 5.12 Å². The lowest BCUT2D eigenvalue weighted by Gasteiger charge is -2.24. The van der Waals surface area contributed by atoms with Gasteiger partial charge in [0.2, 0.25) is 0 Å². The van der Waals surface area contributed by atoms with Crippen LogP contribution in [0.2, 0.25) is 0 Å². The van der Waals surface area contributed by atoms with Gasteiger partial charge < -0.3 is 5.32 Å². The highest BCUT2D eigenvalue weighted by Crippen LogP contribution is 2.25. The van der Waals surface area contributed by atoms with E-state index in [1.54, 1.807) is 6.92 Å². The van der Waals surface area contributed by atoms with Crippen LogP contribution in [0.1, 0.15) is 19.8 Å². The summed E-state index contributed by atoms with van der Waals surface area (Å²) >= 11 is 1.38. The maximum Gasteiger partial charge on any atom is 0.186 e. The number of hydrogen-bond acceptors (Lipinski definition) is 4. The molecule has 1 saturated heterocycles. The second kappa shape index (κ2) is 5.84. The molecule has 1 heterocycles. The van der Waals surface area contributed by atoms with Gasteiger partial charge in [-0.1, -0.05) is 17.8 Å². The highest BCUT2D eigenvalue weighted by Gasteiger charge is 2.20. The molecular weight excluding hydrogens is 196 g/mol. The lowest BCUT2D eigenvalue weighted by atomic mass is 10.1. The molecule has 0 radical (unpaired) electrons. The first kappa shape index (κ1) is 11.3. The van der Waals surface area contributed by atoms with Crippen molar-refractivity contribution in [2.45, 2.75) is 25.0 Å². The molecule has 1 aliphatic rings. The molecule has 0 amide bonds. The van der Waals surface area contributed by atoms with E-state index in [0.717, 1.165) is 19.5 Å². The minimum Gasteiger partial charge on any atom is -0.313 e. The van der Waals surface area contributed by atoms with E-state index in [-0.39, 0.29) is 10.4 Å². The van der Waals surface area contributed by atoms with E-state index >= 15 is 0 Å². The van der Waals surface area contributed by atoms with E-state index in [2.05, 4.69) is 11.4 Å². The number of nitriles is 1. The molecule has 0 aromatic carbocycles. The molecule has 1 unspecified atom stereocenters. The third kappa shape index (κ3) is 3.52. The molecule has 14 heavy (non-hydrogen) atoms. The van der Waals surface area contributed by atoms with Crippen LogP contribution in [0.25, 0.3) is 0 Å². The molecule has 1 aliphatic heterocycles. The Balaban J connectivity index is 2.59. The Kier molecular flexibility index (Phi) is 4.71. The molecule has 0 aromatic rings. The van der Waals surface area contributed by atoms with Gasteiger partial charge in [0.25, 0.3) is 0 Å². The predicted molar refractivity (Wildman–Crippen MR) is 57.9 cm³/mol. The van der Waals surface area contributed by atoms with Gasteiger partial charge in [0, 0.05) is 18.7 Å². The van der Waals surface area contributed by atoms with Gasteiger partial charge in [-0.15, -0.1) is 0 Å². The first-order valence-corrected chi connectivity index (χ1v) is 5.56. The first-order chi connectivity index (χ1) is 6.74. The number of rotatable bonds is 2. The number of nitrogens with one attached hydrogen (secondary N) is 1. The Labute approximate surface area is 88.6 Å². The van der Waals surface area contributed by atoms with Crippen LogP contribution in [0.15, 0.2) is 11.6 Å². The van der Waals surface area contributed by atoms with Crippen molar-refractivity contribution in [2.75, 3.05) is 13.1 Å². The summed E-state index contributed by atoms with van der Waals surface area (Å²) in [6, 6.07) is 2.09. The number of carbonyl (C=O) groups is 1. The molecule has 0 saturated carbocycles. The zero-order chi connectivity index (χ0) is 10.4. The zero-order valence-electron chi connectivity index (χ0n) is 8.25. The van der Waals surface area contributed by atoms with Crippen molar-refractivity contribution in [1.29, 1.82) is 5.26 Å². The first-order valence-electron chi connectivity index (χ1n) is 4.68. The minimum absolute atomic E-state index is 0.153. The third-order valence-corrected chi connectivity index (χ3v) is 3.24. The molecule has 1 N–H and O–H groups in total. The standard InChI is InChI=1S/C10H14N2OS/c1-8(13)14-10-4-6-12-7-9(10)3-2-5-11/h3,10,12H,2,4,6-7H2,1H3/b9-3+. The van der Waals surface area contributed by atoms with Gasteiger partial charge in [-0.25, -0.2) is 0 Å². The molecule has 0 bridgehead atoms. The van der Waals surface area contributed by atoms with E-state index in [9.17, 15) is 4.79 Å². The smallest absolute Gasteiger partial charge is 0.186 e. The maximum absolute atomic E-state index is 11.0. The second-order valence-electron chi connectivity index (χ2n) is 3.20. The summed E-state index contributed by atoms with van der Waals surface area (Å²) in [5, 5.41) is 12.2. The topological polar surface area (TPSA) is 52.9 Å². The van der Waals surface area contributed by atoms with Gasteiger partial charge in [-0.3, -0.25) is 4.79 Å². The summed E-state index contributed by atoms with van der Waals surface area (Å²) in [4.78, 5) is 11.0. The van der Waals surface area contributed by atoms with Crippen molar-refractivity contribution >= 4 is 16.9 Å². The monoisotopic (exact) mass is 210 g/mol. The summed E-state index contributed by atoms with van der Waals surface area (Å²) in [6.45, 7) is 3.36. The van der Waals surface area contributed by atoms with Crippen LogP contribution < -0.4 is 5.32 Å². The Morgan fingerprint density at radius 2 is 2.64 bits per heavy atom. The molecular formula is C10H14N2OS. The Morgan fingerprint density at radius 3 is 3.29 bits per heavy atom. The fourth-order valence-corrected chi connectivity index (χ4v) is 2.45. The fourth-order valence-electron chi connectivity index (χ4n) is 1.48. The van der Waals surface area contributed by atoms with Crippen LogP contribution in [-0.4, -0.2) is 23.5 Å². The van der Waals surface area contributed by atoms with E-state index in [0.29, 0.717) is 6.42 Å². The van der Waals surface area contributed by atoms with Gasteiger partial charge in [0.05, 0.1) is 12.5 Å². The lowest BCUT2D eigenvalue weighted by Crippen LogP contribution is -2.32. The van der Waals surface area contributed by atoms with Gasteiger partial charge in [-0.05, 0) is 18.5 Å². The number of thioether (sulfide) groups is 1. The second-order valence-corrected chi connectivity index (χ2v) is 4.58. The van der Waals surface area contributed by atoms with Crippen LogP contribution in [-0.2, 0) is 4.79 Å². The predicted octanol–water partition coefficient (Wildman–Crippen LogP) is 1.47. The summed E-state index contributed by atoms with van der Waals surface area (Å²) in [6.07, 6.45) is 3.35. The molecule has 3 nitrogen and oxygen atoms in total. The number of carbonyl (C=O) groups excluding carboxylic acids is 1. The van der Waals surface area contributed by atoms with E-state index < -0.39 is 0 Å². The molecule has 0 aliphatic carbocycles. The third-order valence-electron chi connectivity index (χ3n) is 2.09. The number of nitrogens with zero attached hydrogens (tertiary/aromatic N) is 1. The SMILES string of the molecule is CC(=O)SC1CCNC/C1=C\CC#N. The molecule has 1 rings (SSSR count). The highest BCUT2D eigenvalue weighted by molar-refractivity contribution is 8.14. The molecule has 0 spiro atoms. The minimum atomic E-state index is 0.153. The van der Waals surface area contributed by atoms with E-state index in [1.807, 2.05) is 6.08 Å². The van der Waals surface area contributed by atoms with Crippen molar-refractivity contribution in [3.05, 3.63) is 11.6 Å². The zero-order valence-corrected chi connectivity index (χ0v) is 9.06. The van der Waals surface area contributed by atoms with Crippen molar-refractivity contribution in [3.63, 3.8) is 0 Å². The van der Waals surface area contributed by atoms with Crippen LogP contribution in [0.5, 0.6) is 0 Å². The van der Waals surface area contributed by atoms with Gasteiger partial charge >= 0.3 is 0 Å². The number of piperidine rings is 1. The Morgan fingerprint density at radius 1 is 1.86 bits per heavy atom. The van der Waals surface area contributed by atoms with Crippen LogP contribution in [0, 0.1) is 11.3 Å². The number of allylic oxidation sites excluding steroid dienone is 1. The normalized spacial score (nSPS) is 24.6. The van der Waals surface area contributed by atoms with Gasteiger partial charge in [-0.2, -0.15) is 5.26 Å². The quantitative estimate of drug-likeness (QED) is 0.701. The number of hydrogen-bond donors (Lipinski definition) is 1. The van der Waals surface area contributed by atoms with Crippen molar-refractivity contribution < 1.29 is 4.79 Å². The molecule has 1 atom stereocenters. The largest absolute Gasteiger partial charge is 0.313 e. The Hall–Kier alpha value is -0.790. The average Bonchev–Trinajstić information content (AvgIpc) is 2.16. The summed E-state index contributed by atoms with van der Waals surface area (Å²) in [7, 11) is 0. The molecule has 1 fully saturated rings. The maximum atomic E-state index is 11.0. The molecule has 0 aromatic heterocycles. The Bertz CT molecular complexity index is 280. The summed E-state index contributed by atoms with van der Waals surface area (Å²) in [5.41, 5.74) is 1.19. The van der Waals surface area contributed by atoms with Crippen LogP contribution >= 0.6 is 11.8 Å². The summed E-state index contributed by atoms with van der Waals surface area (Å²) in [5.74, 6) is 0. The molecule has 4 heteroatoms. The fraction of sp³-hybridized carbons (Fsp3) is 0.600. The van der Waals surface area contributed by atoms with Crippen molar-refractivity contribution in [3.8, 4) is 6.07 Å². The van der Waals surface area contributed by atoms with E-state index in [1.165, 1.54) is 17.3 Å². The van der Waals surface area contributed by atoms with Crippen molar-refractivity contribution in [2.24, 2.45) is 0 Å².